The third-order valence-electron chi connectivity index (χ3n) is 4.02. The van der Waals surface area contributed by atoms with Crippen LogP contribution in [0.15, 0.2) is 36.0 Å². The van der Waals surface area contributed by atoms with Gasteiger partial charge in [0.25, 0.3) is 5.91 Å². The number of carbonyl (C=O) groups excluding carboxylic acids is 3. The van der Waals surface area contributed by atoms with Crippen molar-refractivity contribution in [1.82, 2.24) is 19.9 Å². The summed E-state index contributed by atoms with van der Waals surface area (Å²) in [6.07, 6.45) is 5.40. The van der Waals surface area contributed by atoms with Crippen LogP contribution in [0, 0.1) is 0 Å². The van der Waals surface area contributed by atoms with Gasteiger partial charge in [-0.05, 0) is 12.2 Å². The van der Waals surface area contributed by atoms with Crippen LogP contribution in [-0.4, -0.2) is 60.1 Å². The second-order valence-electron chi connectivity index (χ2n) is 6.03. The zero-order chi connectivity index (χ0) is 20.5. The number of hydrogen-bond donors (Lipinski definition) is 0. The number of hydrogen-bond acceptors (Lipinski definition) is 8. The summed E-state index contributed by atoms with van der Waals surface area (Å²) >= 11 is 4.73. The number of β-lactam (4-membered cyclic amide) rings is 1. The highest BCUT2D eigenvalue weighted by atomic mass is 79.9. The van der Waals surface area contributed by atoms with Crippen LogP contribution in [-0.2, 0) is 30.9 Å². The monoisotopic (exact) mass is 468 g/mol. The van der Waals surface area contributed by atoms with Crippen LogP contribution < -0.4 is 0 Å². The average Bonchev–Trinajstić information content (AvgIpc) is 3.26. The Morgan fingerprint density at radius 3 is 2.89 bits per heavy atom. The van der Waals surface area contributed by atoms with Gasteiger partial charge < -0.3 is 9.47 Å². The molecule has 0 aliphatic carbocycles. The number of aromatic nitrogens is 3. The van der Waals surface area contributed by atoms with E-state index in [1.165, 1.54) is 34.3 Å². The molecule has 0 bridgehead atoms. The molecular weight excluding hydrogens is 452 g/mol. The molecule has 0 saturated carbocycles. The van der Waals surface area contributed by atoms with Crippen molar-refractivity contribution < 1.29 is 23.9 Å². The van der Waals surface area contributed by atoms with Gasteiger partial charge in [0.05, 0.1) is 6.20 Å². The number of rotatable bonds is 7. The highest BCUT2D eigenvalue weighted by Crippen LogP contribution is 2.54. The number of ether oxygens (including phenoxy) is 2. The summed E-state index contributed by atoms with van der Waals surface area (Å²) in [5, 5.41) is 8.85. The molecule has 1 amide bonds. The molecule has 2 unspecified atom stereocenters. The van der Waals surface area contributed by atoms with E-state index in [1.807, 2.05) is 0 Å². The highest BCUT2D eigenvalue weighted by molar-refractivity contribution is 9.10. The fraction of sp³-hybridized carbons (Fsp3) is 0.353. The number of thioether (sulfide) groups is 1. The first kappa shape index (κ1) is 20.3. The standard InChI is InChI=1S/C17H17BrN4O5S/c1-4-7-26-14(24)12-9-28-16-17(18,15(25)22(12)16)13(27-10(2)23)6-5-11-8-21(3)20-19-11/h4-6,8-9,13,16H,1,7H2,2-3H3/b6-5+/t13?,16-,17?/m1/s1. The maximum Gasteiger partial charge on any atom is 0.355 e. The lowest BCUT2D eigenvalue weighted by molar-refractivity contribution is -0.159. The van der Waals surface area contributed by atoms with Gasteiger partial charge in [-0.3, -0.25) is 19.2 Å². The minimum absolute atomic E-state index is 0.0455. The van der Waals surface area contributed by atoms with Crippen molar-refractivity contribution in [3.63, 3.8) is 0 Å². The Hall–Kier alpha value is -2.40. The fourth-order valence-electron chi connectivity index (χ4n) is 2.79. The third-order valence-corrected chi connectivity index (χ3v) is 6.75. The van der Waals surface area contributed by atoms with Crippen molar-refractivity contribution in [2.45, 2.75) is 22.7 Å². The van der Waals surface area contributed by atoms with Crippen molar-refractivity contribution in [2.75, 3.05) is 6.61 Å². The molecule has 1 aromatic heterocycles. The Morgan fingerprint density at radius 1 is 1.54 bits per heavy atom. The molecule has 11 heteroatoms. The molecule has 28 heavy (non-hydrogen) atoms. The lowest BCUT2D eigenvalue weighted by Gasteiger charge is -2.51. The van der Waals surface area contributed by atoms with Crippen LogP contribution >= 0.6 is 27.7 Å². The van der Waals surface area contributed by atoms with Crippen LogP contribution in [0.3, 0.4) is 0 Å². The molecule has 0 radical (unpaired) electrons. The van der Waals surface area contributed by atoms with Crippen LogP contribution in [0.5, 0.6) is 0 Å². The normalized spacial score (nSPS) is 24.4. The number of aryl methyl sites for hydroxylation is 1. The van der Waals surface area contributed by atoms with Gasteiger partial charge in [0.15, 0.2) is 4.32 Å². The molecule has 2 aliphatic heterocycles. The first-order valence-corrected chi connectivity index (χ1v) is 9.90. The van der Waals surface area contributed by atoms with Gasteiger partial charge in [0.1, 0.15) is 29.5 Å². The molecule has 3 atom stereocenters. The molecular formula is C17H17BrN4O5S. The molecule has 1 fully saturated rings. The van der Waals surface area contributed by atoms with Gasteiger partial charge >= 0.3 is 11.9 Å². The van der Waals surface area contributed by atoms with E-state index in [0.717, 1.165) is 0 Å². The summed E-state index contributed by atoms with van der Waals surface area (Å²) in [6, 6.07) is 0. The van der Waals surface area contributed by atoms with Gasteiger partial charge in [0, 0.05) is 19.4 Å². The van der Waals surface area contributed by atoms with Crippen molar-refractivity contribution in [3.05, 3.63) is 41.7 Å². The van der Waals surface area contributed by atoms with Gasteiger partial charge in [0.2, 0.25) is 0 Å². The molecule has 1 saturated heterocycles. The summed E-state index contributed by atoms with van der Waals surface area (Å²) in [5.41, 5.74) is 0.696. The SMILES string of the molecule is C=CCOC(=O)C1=CS[C@H]2N1C(=O)C2(Br)C(/C=C/c1cn(C)nn1)OC(C)=O. The summed E-state index contributed by atoms with van der Waals surface area (Å²) in [7, 11) is 1.72. The highest BCUT2D eigenvalue weighted by Gasteiger charge is 2.68. The maximum atomic E-state index is 12.9. The zero-order valence-electron chi connectivity index (χ0n) is 15.1. The molecule has 2 aliphatic rings. The lowest BCUT2D eigenvalue weighted by Crippen LogP contribution is -2.72. The molecule has 1 aromatic rings. The van der Waals surface area contributed by atoms with E-state index in [0.29, 0.717) is 5.69 Å². The fourth-order valence-corrected chi connectivity index (χ4v) is 4.99. The summed E-state index contributed by atoms with van der Waals surface area (Å²) in [6.45, 7) is 4.79. The van der Waals surface area contributed by atoms with Crippen molar-refractivity contribution in [2.24, 2.45) is 7.05 Å². The van der Waals surface area contributed by atoms with E-state index in [1.54, 1.807) is 30.8 Å². The van der Waals surface area contributed by atoms with Crippen LogP contribution in [0.25, 0.3) is 6.08 Å². The van der Waals surface area contributed by atoms with Crippen molar-refractivity contribution in [1.29, 1.82) is 0 Å². The van der Waals surface area contributed by atoms with Gasteiger partial charge in [-0.2, -0.15) is 0 Å². The summed E-state index contributed by atoms with van der Waals surface area (Å²) in [4.78, 5) is 38.0. The molecule has 3 heterocycles. The first-order valence-electron chi connectivity index (χ1n) is 8.17. The second-order valence-corrected chi connectivity index (χ2v) is 8.29. The van der Waals surface area contributed by atoms with E-state index in [2.05, 4.69) is 32.8 Å². The molecule has 0 N–H and O–H groups in total. The first-order chi connectivity index (χ1) is 13.3. The van der Waals surface area contributed by atoms with Gasteiger partial charge in [-0.25, -0.2) is 4.79 Å². The number of esters is 2. The molecule has 0 spiro atoms. The Labute approximate surface area is 173 Å². The van der Waals surface area contributed by atoms with Crippen molar-refractivity contribution in [3.8, 4) is 0 Å². The summed E-state index contributed by atoms with van der Waals surface area (Å²) < 4.78 is 10.7. The molecule has 9 nitrogen and oxygen atoms in total. The summed E-state index contributed by atoms with van der Waals surface area (Å²) in [5.74, 6) is -1.56. The third kappa shape index (κ3) is 3.51. The predicted molar refractivity (Wildman–Crippen MR) is 105 cm³/mol. The van der Waals surface area contributed by atoms with Crippen LogP contribution in [0.2, 0.25) is 0 Å². The topological polar surface area (TPSA) is 104 Å². The molecule has 0 aromatic carbocycles. The second kappa shape index (κ2) is 7.92. The number of amides is 1. The Bertz CT molecular complexity index is 898. The molecule has 3 rings (SSSR count). The average molecular weight is 469 g/mol. The number of fused-ring (bicyclic) bond motifs is 1. The smallest absolute Gasteiger partial charge is 0.355 e. The lowest BCUT2D eigenvalue weighted by atomic mass is 9.90. The van der Waals surface area contributed by atoms with E-state index >= 15 is 0 Å². The van der Waals surface area contributed by atoms with Crippen LogP contribution in [0.1, 0.15) is 12.6 Å². The Morgan fingerprint density at radius 2 is 2.29 bits per heavy atom. The van der Waals surface area contributed by atoms with E-state index in [4.69, 9.17) is 9.47 Å². The number of carbonyl (C=O) groups is 3. The Balaban J connectivity index is 1.81. The number of halogens is 1. The minimum atomic E-state index is -1.22. The van der Waals surface area contributed by atoms with Gasteiger partial charge in [-0.15, -0.1) is 16.9 Å². The van der Waals surface area contributed by atoms with E-state index < -0.39 is 33.6 Å². The predicted octanol–water partition coefficient (Wildman–Crippen LogP) is 1.38. The maximum absolute atomic E-state index is 12.9. The Kier molecular flexibility index (Phi) is 5.75. The van der Waals surface area contributed by atoms with Crippen molar-refractivity contribution >= 4 is 51.6 Å². The van der Waals surface area contributed by atoms with E-state index in [9.17, 15) is 14.4 Å². The zero-order valence-corrected chi connectivity index (χ0v) is 17.5. The largest absolute Gasteiger partial charge is 0.457 e. The van der Waals surface area contributed by atoms with Gasteiger partial charge in [-0.1, -0.05) is 33.8 Å². The molecule has 148 valence electrons. The quantitative estimate of drug-likeness (QED) is 0.256. The minimum Gasteiger partial charge on any atom is -0.457 e. The van der Waals surface area contributed by atoms with E-state index in [-0.39, 0.29) is 12.3 Å². The number of alkyl halides is 1. The number of nitrogens with zero attached hydrogens (tertiary/aromatic N) is 4. The van der Waals surface area contributed by atoms with Crippen LogP contribution in [0.4, 0.5) is 0 Å².